The van der Waals surface area contributed by atoms with Gasteiger partial charge in [0.1, 0.15) is 5.54 Å². The molecule has 0 heterocycles. The summed E-state index contributed by atoms with van der Waals surface area (Å²) in [6.45, 7) is 7.28. The van der Waals surface area contributed by atoms with Gasteiger partial charge in [-0.2, -0.15) is 0 Å². The van der Waals surface area contributed by atoms with Gasteiger partial charge in [0.2, 0.25) is 5.91 Å². The summed E-state index contributed by atoms with van der Waals surface area (Å²) in [5, 5.41) is 9.36. The van der Waals surface area contributed by atoms with Crippen molar-refractivity contribution in [1.82, 2.24) is 4.90 Å². The van der Waals surface area contributed by atoms with Crippen LogP contribution in [0.15, 0.2) is 0 Å². The number of likely N-dealkylation sites (N-methyl/N-ethyl adjacent to an activating group) is 1. The lowest BCUT2D eigenvalue weighted by Gasteiger charge is -2.41. The van der Waals surface area contributed by atoms with Crippen LogP contribution < -0.4 is 0 Å². The third-order valence-corrected chi connectivity index (χ3v) is 3.83. The van der Waals surface area contributed by atoms with Gasteiger partial charge in [0.15, 0.2) is 0 Å². The maximum atomic E-state index is 11.5. The molecule has 86 valence electrons. The number of carboxylic acids is 1. The zero-order valence-corrected chi connectivity index (χ0v) is 9.83. The Labute approximate surface area is 90.3 Å². The lowest BCUT2D eigenvalue weighted by molar-refractivity contribution is -0.162. The Hall–Kier alpha value is -1.06. The van der Waals surface area contributed by atoms with Crippen LogP contribution in [-0.2, 0) is 9.59 Å². The normalized spacial score (nSPS) is 21.6. The third kappa shape index (κ3) is 1.62. The van der Waals surface area contributed by atoms with E-state index in [1.807, 2.05) is 13.8 Å². The molecule has 0 radical (unpaired) electrons. The van der Waals surface area contributed by atoms with Gasteiger partial charge in [-0.15, -0.1) is 0 Å². The maximum absolute atomic E-state index is 11.5. The van der Waals surface area contributed by atoms with Gasteiger partial charge in [-0.25, -0.2) is 4.79 Å². The van der Waals surface area contributed by atoms with Crippen molar-refractivity contribution < 1.29 is 14.7 Å². The van der Waals surface area contributed by atoms with E-state index < -0.39 is 11.5 Å². The molecule has 15 heavy (non-hydrogen) atoms. The molecule has 0 bridgehead atoms. The van der Waals surface area contributed by atoms with Crippen LogP contribution in [0.25, 0.3) is 0 Å². The van der Waals surface area contributed by atoms with E-state index in [1.54, 1.807) is 6.92 Å². The minimum atomic E-state index is -1.06. The fourth-order valence-corrected chi connectivity index (χ4v) is 2.23. The molecule has 1 rings (SSSR count). The first-order valence-electron chi connectivity index (χ1n) is 5.31. The molecule has 1 aliphatic rings. The minimum absolute atomic E-state index is 0.171. The summed E-state index contributed by atoms with van der Waals surface area (Å²) >= 11 is 0. The molecular weight excluding hydrogens is 194 g/mol. The number of hydrogen-bond acceptors (Lipinski definition) is 2. The van der Waals surface area contributed by atoms with E-state index in [0.717, 1.165) is 12.8 Å². The molecule has 1 fully saturated rings. The van der Waals surface area contributed by atoms with E-state index in [1.165, 1.54) is 11.8 Å². The maximum Gasteiger partial charge on any atom is 0.329 e. The zero-order chi connectivity index (χ0) is 11.9. The van der Waals surface area contributed by atoms with Crippen LogP contribution in [0.5, 0.6) is 0 Å². The molecule has 4 heteroatoms. The van der Waals surface area contributed by atoms with Gasteiger partial charge < -0.3 is 10.0 Å². The molecule has 1 aliphatic carbocycles. The van der Waals surface area contributed by atoms with Crippen molar-refractivity contribution in [3.05, 3.63) is 0 Å². The number of carboxylic acid groups (broad SMARTS) is 1. The Morgan fingerprint density at radius 2 is 1.93 bits per heavy atom. The van der Waals surface area contributed by atoms with Gasteiger partial charge in [-0.1, -0.05) is 6.92 Å². The Kier molecular flexibility index (Phi) is 2.81. The van der Waals surface area contributed by atoms with Crippen LogP contribution in [0.3, 0.4) is 0 Å². The van der Waals surface area contributed by atoms with E-state index in [2.05, 4.69) is 0 Å². The Balaban J connectivity index is 3.10. The summed E-state index contributed by atoms with van der Waals surface area (Å²) in [7, 11) is 0. The van der Waals surface area contributed by atoms with Crippen LogP contribution in [0.4, 0.5) is 0 Å². The molecule has 0 aromatic rings. The van der Waals surface area contributed by atoms with Crippen molar-refractivity contribution in [3.63, 3.8) is 0 Å². The number of nitrogens with zero attached hydrogens (tertiary/aromatic N) is 1. The lowest BCUT2D eigenvalue weighted by Crippen LogP contribution is -2.59. The van der Waals surface area contributed by atoms with E-state index in [4.69, 9.17) is 0 Å². The van der Waals surface area contributed by atoms with E-state index >= 15 is 0 Å². The summed E-state index contributed by atoms with van der Waals surface area (Å²) in [5.74, 6) is -1.07. The van der Waals surface area contributed by atoms with Gasteiger partial charge >= 0.3 is 5.97 Å². The monoisotopic (exact) mass is 213 g/mol. The van der Waals surface area contributed by atoms with E-state index in [-0.39, 0.29) is 11.3 Å². The fraction of sp³-hybridized carbons (Fsp3) is 0.818. The Bertz CT molecular complexity index is 296. The molecule has 0 saturated heterocycles. The average Bonchev–Trinajstić information content (AvgIpc) is 2.84. The van der Waals surface area contributed by atoms with Gasteiger partial charge in [0.25, 0.3) is 0 Å². The second-order valence-electron chi connectivity index (χ2n) is 4.70. The number of carbonyl (C=O) groups excluding carboxylic acids is 1. The highest BCUT2D eigenvalue weighted by atomic mass is 16.4. The molecular formula is C11H19NO3. The van der Waals surface area contributed by atoms with Crippen molar-refractivity contribution in [2.45, 2.75) is 46.1 Å². The highest BCUT2D eigenvalue weighted by molar-refractivity contribution is 5.87. The van der Waals surface area contributed by atoms with Gasteiger partial charge in [0, 0.05) is 18.9 Å². The summed E-state index contributed by atoms with van der Waals surface area (Å²) in [6, 6.07) is 0. The first-order chi connectivity index (χ1) is 6.79. The average molecular weight is 213 g/mol. The molecule has 0 aliphatic heterocycles. The summed E-state index contributed by atoms with van der Waals surface area (Å²) in [5.41, 5.74) is -1.33. The van der Waals surface area contributed by atoms with Crippen molar-refractivity contribution in [2.24, 2.45) is 5.41 Å². The molecule has 1 atom stereocenters. The summed E-state index contributed by atoms with van der Waals surface area (Å²) < 4.78 is 0. The molecule has 0 spiro atoms. The first-order valence-corrected chi connectivity index (χ1v) is 5.31. The second kappa shape index (κ2) is 3.51. The van der Waals surface area contributed by atoms with Gasteiger partial charge in [-0.05, 0) is 26.7 Å². The highest BCUT2D eigenvalue weighted by Crippen LogP contribution is 2.56. The predicted molar refractivity (Wildman–Crippen MR) is 56.4 cm³/mol. The first kappa shape index (κ1) is 12.0. The lowest BCUT2D eigenvalue weighted by atomic mass is 9.82. The summed E-state index contributed by atoms with van der Waals surface area (Å²) in [6.07, 6.45) is 1.75. The quantitative estimate of drug-likeness (QED) is 0.769. The largest absolute Gasteiger partial charge is 0.479 e. The van der Waals surface area contributed by atoms with Crippen LogP contribution in [0, 0.1) is 5.41 Å². The smallest absolute Gasteiger partial charge is 0.329 e. The number of amides is 1. The van der Waals surface area contributed by atoms with Crippen LogP contribution in [0.2, 0.25) is 0 Å². The summed E-state index contributed by atoms with van der Waals surface area (Å²) in [4.78, 5) is 24.3. The highest BCUT2D eigenvalue weighted by Gasteiger charge is 2.61. The van der Waals surface area contributed by atoms with Gasteiger partial charge in [-0.3, -0.25) is 4.79 Å². The molecule has 1 unspecified atom stereocenters. The number of rotatable bonds is 4. The standard InChI is InChI=1S/C11H19NO3/c1-5-12(8(2)13)11(4,9(14)15)10(3)6-7-10/h5-7H2,1-4H3,(H,14,15). The molecule has 4 nitrogen and oxygen atoms in total. The van der Waals surface area contributed by atoms with Crippen molar-refractivity contribution in [2.75, 3.05) is 6.54 Å². The molecule has 0 aromatic heterocycles. The topological polar surface area (TPSA) is 57.6 Å². The fourth-order valence-electron chi connectivity index (χ4n) is 2.23. The van der Waals surface area contributed by atoms with Gasteiger partial charge in [0.05, 0.1) is 0 Å². The van der Waals surface area contributed by atoms with E-state index in [0.29, 0.717) is 6.54 Å². The molecule has 1 amide bonds. The van der Waals surface area contributed by atoms with Crippen molar-refractivity contribution in [1.29, 1.82) is 0 Å². The molecule has 1 N–H and O–H groups in total. The number of carbonyl (C=O) groups is 2. The van der Waals surface area contributed by atoms with Crippen molar-refractivity contribution in [3.8, 4) is 0 Å². The zero-order valence-electron chi connectivity index (χ0n) is 9.83. The predicted octanol–water partition coefficient (Wildman–Crippen LogP) is 1.50. The van der Waals surface area contributed by atoms with Crippen molar-refractivity contribution >= 4 is 11.9 Å². The SMILES string of the molecule is CCN(C(C)=O)C(C)(C(=O)O)C1(C)CC1. The van der Waals surface area contributed by atoms with Crippen LogP contribution >= 0.6 is 0 Å². The number of hydrogen-bond donors (Lipinski definition) is 1. The number of aliphatic carboxylic acids is 1. The van der Waals surface area contributed by atoms with Crippen LogP contribution in [0.1, 0.15) is 40.5 Å². The third-order valence-electron chi connectivity index (χ3n) is 3.83. The molecule has 1 saturated carbocycles. The van der Waals surface area contributed by atoms with Crippen LogP contribution in [-0.4, -0.2) is 34.0 Å². The van der Waals surface area contributed by atoms with E-state index in [9.17, 15) is 14.7 Å². The second-order valence-corrected chi connectivity index (χ2v) is 4.70. The molecule has 0 aromatic carbocycles. The Morgan fingerprint density at radius 3 is 2.13 bits per heavy atom. The Morgan fingerprint density at radius 1 is 1.47 bits per heavy atom. The minimum Gasteiger partial charge on any atom is -0.479 e.